The number of nitrogens with one attached hydrogen (secondary N) is 1. The first-order chi connectivity index (χ1) is 15.6. The van der Waals surface area contributed by atoms with Crippen LogP contribution in [0.4, 0.5) is 23.1 Å². The molecule has 166 valence electrons. The van der Waals surface area contributed by atoms with E-state index in [-0.39, 0.29) is 18.0 Å². The predicted molar refractivity (Wildman–Crippen MR) is 122 cm³/mol. The lowest BCUT2D eigenvalue weighted by Crippen LogP contribution is -2.42. The van der Waals surface area contributed by atoms with Crippen LogP contribution in [0.3, 0.4) is 0 Å². The smallest absolute Gasteiger partial charge is 0.254 e. The van der Waals surface area contributed by atoms with E-state index in [4.69, 9.17) is 17.0 Å². The number of aromatic nitrogens is 2. The number of amides is 1. The molecule has 3 N–H and O–H groups in total. The minimum atomic E-state index is 0.0743. The highest BCUT2D eigenvalue weighted by atomic mass is 16.5. The first-order valence-electron chi connectivity index (χ1n) is 11.2. The zero-order valence-corrected chi connectivity index (χ0v) is 18.0. The topological polar surface area (TPSA) is 101 Å². The van der Waals surface area contributed by atoms with Crippen LogP contribution in [0.2, 0.25) is 0 Å². The molecule has 1 aliphatic carbocycles. The van der Waals surface area contributed by atoms with Gasteiger partial charge in [0.2, 0.25) is 11.6 Å². The zero-order valence-electron chi connectivity index (χ0n) is 18.0. The van der Waals surface area contributed by atoms with Crippen molar-refractivity contribution in [3.8, 4) is 0 Å². The van der Waals surface area contributed by atoms with Crippen molar-refractivity contribution < 1.29 is 9.53 Å². The van der Waals surface area contributed by atoms with Gasteiger partial charge in [-0.05, 0) is 43.4 Å². The van der Waals surface area contributed by atoms with Crippen LogP contribution in [0.15, 0.2) is 24.4 Å². The highest BCUT2D eigenvalue weighted by molar-refractivity contribution is 5.99. The molecule has 1 saturated carbocycles. The van der Waals surface area contributed by atoms with E-state index < -0.39 is 0 Å². The number of fused-ring (bicyclic) bond motifs is 1. The van der Waals surface area contributed by atoms with Crippen LogP contribution in [0, 0.1) is 6.57 Å². The van der Waals surface area contributed by atoms with Crippen LogP contribution >= 0.6 is 0 Å². The van der Waals surface area contributed by atoms with E-state index in [1.165, 1.54) is 0 Å². The van der Waals surface area contributed by atoms with Gasteiger partial charge in [0.05, 0.1) is 19.8 Å². The fourth-order valence-corrected chi connectivity index (χ4v) is 4.92. The second kappa shape index (κ2) is 8.63. The number of morpholine rings is 1. The van der Waals surface area contributed by atoms with Crippen molar-refractivity contribution in [3.05, 3.63) is 46.9 Å². The Hall–Kier alpha value is -3.38. The van der Waals surface area contributed by atoms with Crippen molar-refractivity contribution in [3.63, 3.8) is 0 Å². The Kier molecular flexibility index (Phi) is 5.53. The van der Waals surface area contributed by atoms with Gasteiger partial charge < -0.3 is 25.6 Å². The van der Waals surface area contributed by atoms with Gasteiger partial charge in [0.15, 0.2) is 0 Å². The monoisotopic (exact) mass is 433 g/mol. The maximum atomic E-state index is 13.0. The first-order valence-corrected chi connectivity index (χ1v) is 11.2. The van der Waals surface area contributed by atoms with Crippen LogP contribution in [-0.4, -0.2) is 59.2 Å². The minimum absolute atomic E-state index is 0.0743. The van der Waals surface area contributed by atoms with E-state index in [2.05, 4.69) is 25.0 Å². The van der Waals surface area contributed by atoms with E-state index >= 15 is 0 Å². The Morgan fingerprint density at radius 3 is 2.91 bits per heavy atom. The molecule has 1 aromatic heterocycles. The number of anilines is 3. The number of ether oxygens (including phenoxy) is 1. The van der Waals surface area contributed by atoms with E-state index in [9.17, 15) is 4.79 Å². The Bertz CT molecular complexity index is 1060. The SMILES string of the molecule is [C-]#[N+]c1cnc(N[C@@H]2CCC[C@H](N3Cc4ccc(N)cc4C3=O)C2)nc1N1CCOCC1. The molecule has 3 aliphatic rings. The number of nitrogens with zero attached hydrogens (tertiary/aromatic N) is 5. The highest BCUT2D eigenvalue weighted by Crippen LogP contribution is 2.33. The summed E-state index contributed by atoms with van der Waals surface area (Å²) in [4.78, 5) is 29.7. The lowest BCUT2D eigenvalue weighted by atomic mass is 9.90. The van der Waals surface area contributed by atoms with Crippen LogP contribution in [0.1, 0.15) is 41.6 Å². The van der Waals surface area contributed by atoms with Crippen molar-refractivity contribution in [1.29, 1.82) is 0 Å². The zero-order chi connectivity index (χ0) is 22.1. The molecule has 1 saturated heterocycles. The average Bonchev–Trinajstić information content (AvgIpc) is 3.15. The number of carbonyl (C=O) groups excluding carboxylic acids is 1. The van der Waals surface area contributed by atoms with Crippen LogP contribution in [0.5, 0.6) is 0 Å². The summed E-state index contributed by atoms with van der Waals surface area (Å²) in [6, 6.07) is 5.95. The normalized spacial score (nSPS) is 23.0. The van der Waals surface area contributed by atoms with Gasteiger partial charge in [-0.15, -0.1) is 0 Å². The third kappa shape index (κ3) is 3.94. The molecular formula is C23H27N7O2. The van der Waals surface area contributed by atoms with E-state index in [0.717, 1.165) is 36.8 Å². The molecule has 2 fully saturated rings. The highest BCUT2D eigenvalue weighted by Gasteiger charge is 2.35. The van der Waals surface area contributed by atoms with Gasteiger partial charge >= 0.3 is 0 Å². The molecular weight excluding hydrogens is 406 g/mol. The van der Waals surface area contributed by atoms with Crippen molar-refractivity contribution in [2.24, 2.45) is 0 Å². The lowest BCUT2D eigenvalue weighted by molar-refractivity contribution is 0.0654. The van der Waals surface area contributed by atoms with Crippen molar-refractivity contribution in [2.45, 2.75) is 44.3 Å². The average molecular weight is 434 g/mol. The van der Waals surface area contributed by atoms with Crippen LogP contribution < -0.4 is 16.0 Å². The van der Waals surface area contributed by atoms with Gasteiger partial charge in [-0.1, -0.05) is 6.07 Å². The molecule has 2 aliphatic heterocycles. The summed E-state index contributed by atoms with van der Waals surface area (Å²) in [5, 5.41) is 3.47. The van der Waals surface area contributed by atoms with Crippen LogP contribution in [-0.2, 0) is 11.3 Å². The van der Waals surface area contributed by atoms with E-state index in [1.807, 2.05) is 17.0 Å². The van der Waals surface area contributed by atoms with Gasteiger partial charge in [-0.25, -0.2) is 14.8 Å². The Labute approximate surface area is 187 Å². The largest absolute Gasteiger partial charge is 0.399 e. The van der Waals surface area contributed by atoms with Gasteiger partial charge in [0.25, 0.3) is 5.91 Å². The standard InChI is InChI=1S/C23H27N7O2/c1-25-20-13-26-23(28-21(20)29-7-9-32-10-8-29)27-17-3-2-4-18(12-17)30-14-15-5-6-16(24)11-19(15)22(30)31/h5-6,11,13,17-18H,2-4,7-10,12,14,24H2,(H,26,27,28)/t17-,18+/m1/s1. The molecule has 9 heteroatoms. The van der Waals surface area contributed by atoms with Crippen molar-refractivity contribution >= 4 is 29.0 Å². The molecule has 2 atom stereocenters. The molecule has 0 bridgehead atoms. The number of benzene rings is 1. The summed E-state index contributed by atoms with van der Waals surface area (Å²) >= 11 is 0. The van der Waals surface area contributed by atoms with Gasteiger partial charge in [-0.2, -0.15) is 0 Å². The summed E-state index contributed by atoms with van der Waals surface area (Å²) < 4.78 is 5.43. The molecule has 3 heterocycles. The molecule has 0 unspecified atom stereocenters. The van der Waals surface area contributed by atoms with Gasteiger partial charge in [-0.3, -0.25) is 4.79 Å². The van der Waals surface area contributed by atoms with Crippen molar-refractivity contribution in [1.82, 2.24) is 14.9 Å². The number of carbonyl (C=O) groups is 1. The molecule has 5 rings (SSSR count). The van der Waals surface area contributed by atoms with Gasteiger partial charge in [0, 0.05) is 49.2 Å². The minimum Gasteiger partial charge on any atom is -0.399 e. The number of nitrogens with two attached hydrogens (primary N) is 1. The molecule has 1 amide bonds. The third-order valence-corrected chi connectivity index (χ3v) is 6.57. The second-order valence-electron chi connectivity index (χ2n) is 8.63. The summed E-state index contributed by atoms with van der Waals surface area (Å²) in [5.41, 5.74) is 8.75. The Balaban J connectivity index is 1.29. The summed E-state index contributed by atoms with van der Waals surface area (Å²) in [6.45, 7) is 10.8. The van der Waals surface area contributed by atoms with Crippen molar-refractivity contribution in [2.75, 3.05) is 42.3 Å². The number of hydrogen-bond acceptors (Lipinski definition) is 7. The maximum Gasteiger partial charge on any atom is 0.254 e. The fraction of sp³-hybridized carbons (Fsp3) is 0.478. The number of rotatable bonds is 4. The second-order valence-corrected chi connectivity index (χ2v) is 8.63. The molecule has 9 nitrogen and oxygen atoms in total. The third-order valence-electron chi connectivity index (χ3n) is 6.57. The molecule has 2 aromatic rings. The van der Waals surface area contributed by atoms with E-state index in [0.29, 0.717) is 56.0 Å². The first kappa shape index (κ1) is 20.5. The fourth-order valence-electron chi connectivity index (χ4n) is 4.92. The molecule has 32 heavy (non-hydrogen) atoms. The van der Waals surface area contributed by atoms with E-state index in [1.54, 1.807) is 12.3 Å². The lowest BCUT2D eigenvalue weighted by Gasteiger charge is -2.35. The Morgan fingerprint density at radius 2 is 2.09 bits per heavy atom. The van der Waals surface area contributed by atoms with Gasteiger partial charge in [0.1, 0.15) is 5.82 Å². The maximum absolute atomic E-state index is 13.0. The van der Waals surface area contributed by atoms with Crippen LogP contribution in [0.25, 0.3) is 4.85 Å². The molecule has 0 spiro atoms. The predicted octanol–water partition coefficient (Wildman–Crippen LogP) is 2.83. The summed E-state index contributed by atoms with van der Waals surface area (Å²) in [6.07, 6.45) is 5.46. The Morgan fingerprint density at radius 1 is 1.25 bits per heavy atom. The quantitative estimate of drug-likeness (QED) is 0.565. The number of hydrogen-bond donors (Lipinski definition) is 2. The molecule has 1 aromatic carbocycles. The molecule has 0 radical (unpaired) electrons. The summed E-state index contributed by atoms with van der Waals surface area (Å²) in [7, 11) is 0. The summed E-state index contributed by atoms with van der Waals surface area (Å²) in [5.74, 6) is 1.27. The number of nitrogen functional groups attached to an aromatic ring is 1.